The Morgan fingerprint density at radius 1 is 1.30 bits per heavy atom. The van der Waals surface area contributed by atoms with Gasteiger partial charge in [0.2, 0.25) is 0 Å². The second kappa shape index (κ2) is 3.39. The highest BCUT2D eigenvalue weighted by Crippen LogP contribution is 2.10. The van der Waals surface area contributed by atoms with E-state index < -0.39 is 0 Å². The third-order valence-electron chi connectivity index (χ3n) is 1.15. The van der Waals surface area contributed by atoms with E-state index in [9.17, 15) is 4.79 Å². The molecule has 0 unspecified atom stereocenters. The lowest BCUT2D eigenvalue weighted by Crippen LogP contribution is -1.81. The highest BCUT2D eigenvalue weighted by Gasteiger charge is 1.89. The largest absolute Gasteiger partial charge is 0.298 e. The Kier molecular flexibility index (Phi) is 2.48. The lowest BCUT2D eigenvalue weighted by molar-refractivity contribution is 0.112. The Balaban J connectivity index is 2.90. The molecule has 52 valence electrons. The molecule has 0 saturated carbocycles. The molecule has 1 aromatic rings. The first kappa shape index (κ1) is 7.31. The fourth-order valence-corrected chi connectivity index (χ4v) is 0.918. The average Bonchev–Trinajstić information content (AvgIpc) is 2.05. The van der Waals surface area contributed by atoms with Gasteiger partial charge < -0.3 is 0 Å². The summed E-state index contributed by atoms with van der Waals surface area (Å²) in [4.78, 5) is 11.1. The van der Waals surface area contributed by atoms with Gasteiger partial charge in [-0.3, -0.25) is 9.93 Å². The Labute approximate surface area is 63.6 Å². The maximum Gasteiger partial charge on any atom is 0.150 e. The number of nitrogens with two attached hydrogens (primary N) is 1. The minimum absolute atomic E-state index is 0.679. The number of carbonyl (C=O) groups is 1. The maximum absolute atomic E-state index is 10.2. The smallest absolute Gasteiger partial charge is 0.150 e. The molecule has 0 atom stereocenters. The van der Waals surface area contributed by atoms with Gasteiger partial charge in [-0.05, 0) is 24.1 Å². The lowest BCUT2D eigenvalue weighted by Gasteiger charge is -1.93. The highest BCUT2D eigenvalue weighted by atomic mass is 32.2. The van der Waals surface area contributed by atoms with Crippen LogP contribution in [0.4, 0.5) is 0 Å². The summed E-state index contributed by atoms with van der Waals surface area (Å²) in [5.41, 5.74) is 0.679. The summed E-state index contributed by atoms with van der Waals surface area (Å²) in [6.45, 7) is 0. The quantitative estimate of drug-likeness (QED) is 0.516. The van der Waals surface area contributed by atoms with Gasteiger partial charge in [0, 0.05) is 10.5 Å². The van der Waals surface area contributed by atoms with Crippen molar-refractivity contribution in [3.63, 3.8) is 0 Å². The van der Waals surface area contributed by atoms with E-state index in [1.165, 1.54) is 11.9 Å². The Bertz CT molecular complexity index is 220. The first-order valence-electron chi connectivity index (χ1n) is 2.79. The summed E-state index contributed by atoms with van der Waals surface area (Å²) < 4.78 is 0. The zero-order chi connectivity index (χ0) is 7.40. The van der Waals surface area contributed by atoms with E-state index in [0.29, 0.717) is 5.56 Å². The summed E-state index contributed by atoms with van der Waals surface area (Å²) in [6, 6.07) is 7.10. The summed E-state index contributed by atoms with van der Waals surface area (Å²) in [6.07, 6.45) is 0.810. The number of hydrogen-bond acceptors (Lipinski definition) is 3. The topological polar surface area (TPSA) is 43.1 Å². The standard InChI is InChI=1S/C7H7NOS/c8-10-7-3-1-6(5-9)2-4-7/h1-5H,8H2. The molecule has 0 spiro atoms. The minimum atomic E-state index is 0.679. The summed E-state index contributed by atoms with van der Waals surface area (Å²) >= 11 is 1.17. The van der Waals surface area contributed by atoms with E-state index in [0.717, 1.165) is 11.2 Å². The fourth-order valence-electron chi connectivity index (χ4n) is 0.625. The van der Waals surface area contributed by atoms with Crippen molar-refractivity contribution in [3.8, 4) is 0 Å². The van der Waals surface area contributed by atoms with Gasteiger partial charge in [0.05, 0.1) is 0 Å². The van der Waals surface area contributed by atoms with E-state index in [4.69, 9.17) is 5.14 Å². The SMILES string of the molecule is NSc1ccc(C=O)cc1. The molecule has 1 rings (SSSR count). The van der Waals surface area contributed by atoms with Crippen LogP contribution in [0, 0.1) is 0 Å². The van der Waals surface area contributed by atoms with Gasteiger partial charge in [0.15, 0.2) is 0 Å². The van der Waals surface area contributed by atoms with E-state index >= 15 is 0 Å². The van der Waals surface area contributed by atoms with Crippen molar-refractivity contribution in [1.82, 2.24) is 0 Å². The highest BCUT2D eigenvalue weighted by molar-refractivity contribution is 7.97. The molecule has 10 heavy (non-hydrogen) atoms. The van der Waals surface area contributed by atoms with Crippen LogP contribution in [0.15, 0.2) is 29.2 Å². The first-order valence-corrected chi connectivity index (χ1v) is 3.67. The fraction of sp³-hybridized carbons (Fsp3) is 0. The van der Waals surface area contributed by atoms with Crippen molar-refractivity contribution in [2.75, 3.05) is 0 Å². The predicted molar refractivity (Wildman–Crippen MR) is 41.9 cm³/mol. The van der Waals surface area contributed by atoms with Crippen LogP contribution in [-0.4, -0.2) is 6.29 Å². The molecule has 2 N–H and O–H groups in total. The van der Waals surface area contributed by atoms with E-state index in [2.05, 4.69) is 0 Å². The number of benzene rings is 1. The molecule has 0 aliphatic heterocycles. The zero-order valence-corrected chi connectivity index (χ0v) is 6.10. The third kappa shape index (κ3) is 1.59. The van der Waals surface area contributed by atoms with Gasteiger partial charge >= 0.3 is 0 Å². The molecule has 0 aromatic heterocycles. The summed E-state index contributed by atoms with van der Waals surface area (Å²) in [5, 5.41) is 5.27. The van der Waals surface area contributed by atoms with Crippen LogP contribution in [0.3, 0.4) is 0 Å². The minimum Gasteiger partial charge on any atom is -0.298 e. The molecule has 0 bridgehead atoms. The predicted octanol–water partition coefficient (Wildman–Crippen LogP) is 1.46. The van der Waals surface area contributed by atoms with Crippen molar-refractivity contribution in [1.29, 1.82) is 0 Å². The van der Waals surface area contributed by atoms with Crippen LogP contribution in [0.25, 0.3) is 0 Å². The lowest BCUT2D eigenvalue weighted by atomic mass is 10.2. The molecular weight excluding hydrogens is 146 g/mol. The maximum atomic E-state index is 10.2. The number of hydrogen-bond donors (Lipinski definition) is 1. The monoisotopic (exact) mass is 153 g/mol. The van der Waals surface area contributed by atoms with Crippen molar-refractivity contribution < 1.29 is 4.79 Å². The van der Waals surface area contributed by atoms with Crippen LogP contribution < -0.4 is 5.14 Å². The van der Waals surface area contributed by atoms with Gasteiger partial charge in [0.1, 0.15) is 6.29 Å². The second-order valence-corrected chi connectivity index (χ2v) is 2.51. The molecule has 0 saturated heterocycles. The van der Waals surface area contributed by atoms with E-state index in [-0.39, 0.29) is 0 Å². The molecule has 2 nitrogen and oxygen atoms in total. The molecule has 0 aliphatic carbocycles. The van der Waals surface area contributed by atoms with Crippen LogP contribution >= 0.6 is 11.9 Å². The molecule has 0 heterocycles. The molecular formula is C7H7NOS. The van der Waals surface area contributed by atoms with Crippen LogP contribution in [0.5, 0.6) is 0 Å². The van der Waals surface area contributed by atoms with Gasteiger partial charge in [-0.1, -0.05) is 12.1 Å². The second-order valence-electron chi connectivity index (χ2n) is 1.80. The van der Waals surface area contributed by atoms with Crippen molar-refractivity contribution in [2.45, 2.75) is 4.90 Å². The zero-order valence-electron chi connectivity index (χ0n) is 5.28. The number of rotatable bonds is 2. The van der Waals surface area contributed by atoms with Crippen molar-refractivity contribution in [2.24, 2.45) is 5.14 Å². The molecule has 0 fully saturated rings. The van der Waals surface area contributed by atoms with E-state index in [1.807, 2.05) is 12.1 Å². The Morgan fingerprint density at radius 3 is 2.30 bits per heavy atom. The van der Waals surface area contributed by atoms with Gasteiger partial charge in [-0.25, -0.2) is 0 Å². The summed E-state index contributed by atoms with van der Waals surface area (Å²) in [5.74, 6) is 0. The van der Waals surface area contributed by atoms with Crippen LogP contribution in [0.2, 0.25) is 0 Å². The van der Waals surface area contributed by atoms with Gasteiger partial charge in [-0.15, -0.1) is 0 Å². The molecule has 0 aliphatic rings. The molecule has 3 heteroatoms. The van der Waals surface area contributed by atoms with Crippen LogP contribution in [-0.2, 0) is 0 Å². The number of carbonyl (C=O) groups excluding carboxylic acids is 1. The third-order valence-corrected chi connectivity index (χ3v) is 1.70. The summed E-state index contributed by atoms with van der Waals surface area (Å²) in [7, 11) is 0. The van der Waals surface area contributed by atoms with E-state index in [1.54, 1.807) is 12.1 Å². The van der Waals surface area contributed by atoms with Crippen molar-refractivity contribution >= 4 is 18.2 Å². The Morgan fingerprint density at radius 2 is 1.90 bits per heavy atom. The first-order chi connectivity index (χ1) is 4.86. The molecule has 0 radical (unpaired) electrons. The van der Waals surface area contributed by atoms with Crippen molar-refractivity contribution in [3.05, 3.63) is 29.8 Å². The van der Waals surface area contributed by atoms with Gasteiger partial charge in [0.25, 0.3) is 0 Å². The van der Waals surface area contributed by atoms with Crippen LogP contribution in [0.1, 0.15) is 10.4 Å². The molecule has 0 amide bonds. The normalized spacial score (nSPS) is 9.30. The molecule has 1 aromatic carbocycles. The average molecular weight is 153 g/mol. The number of aldehydes is 1. The van der Waals surface area contributed by atoms with Gasteiger partial charge in [-0.2, -0.15) is 0 Å². The Hall–Kier alpha value is -0.800.